The maximum absolute atomic E-state index is 12.2. The number of nitrogens with one attached hydrogen (secondary N) is 2. The second kappa shape index (κ2) is 12.1. The first-order valence-corrected chi connectivity index (χ1v) is 10.7. The normalized spacial score (nSPS) is 12.4. The minimum Gasteiger partial charge on any atom is -0.496 e. The first-order valence-electron chi connectivity index (χ1n) is 9.26. The molecule has 0 spiro atoms. The smallest absolute Gasteiger partial charge is 0.191 e. The number of aliphatic imine (C=N–C) groups is 1. The van der Waals surface area contributed by atoms with Gasteiger partial charge in [0.25, 0.3) is 0 Å². The molecule has 1 atom stereocenters. The first kappa shape index (κ1) is 21.0. The molecular formula is C21H29N3O2S. The molecule has 0 aliphatic heterocycles. The lowest BCUT2D eigenvalue weighted by Crippen LogP contribution is -2.38. The van der Waals surface area contributed by atoms with Gasteiger partial charge in [0.2, 0.25) is 0 Å². The van der Waals surface area contributed by atoms with Gasteiger partial charge in [0, 0.05) is 35.4 Å². The third-order valence-electron chi connectivity index (χ3n) is 3.98. The van der Waals surface area contributed by atoms with Crippen molar-refractivity contribution in [3.8, 4) is 5.75 Å². The average molecular weight is 388 g/mol. The quantitative estimate of drug-likeness (QED) is 0.486. The molecule has 0 aliphatic rings. The fourth-order valence-corrected chi connectivity index (χ4v) is 3.66. The average Bonchev–Trinajstić information content (AvgIpc) is 2.69. The Kier molecular flexibility index (Phi) is 9.41. The van der Waals surface area contributed by atoms with Crippen LogP contribution in [0.5, 0.6) is 5.75 Å². The summed E-state index contributed by atoms with van der Waals surface area (Å²) in [6.45, 7) is 4.10. The predicted octanol–water partition coefficient (Wildman–Crippen LogP) is 2.74. The fraction of sp³-hybridized carbons (Fsp3) is 0.381. The molecule has 2 rings (SSSR count). The highest BCUT2D eigenvalue weighted by Gasteiger charge is 2.04. The molecule has 0 heterocycles. The molecule has 0 aliphatic carbocycles. The van der Waals surface area contributed by atoms with Crippen molar-refractivity contribution in [3.63, 3.8) is 0 Å². The molecule has 0 bridgehead atoms. The maximum atomic E-state index is 12.2. The summed E-state index contributed by atoms with van der Waals surface area (Å²) >= 11 is 0. The molecule has 27 heavy (non-hydrogen) atoms. The van der Waals surface area contributed by atoms with E-state index in [0.29, 0.717) is 18.1 Å². The monoisotopic (exact) mass is 387 g/mol. The number of hydrogen-bond acceptors (Lipinski definition) is 3. The summed E-state index contributed by atoms with van der Waals surface area (Å²) < 4.78 is 17.6. The summed E-state index contributed by atoms with van der Waals surface area (Å²) in [6, 6.07) is 17.9. The lowest BCUT2D eigenvalue weighted by molar-refractivity contribution is 0.409. The number of para-hydroxylation sites is 1. The van der Waals surface area contributed by atoms with Crippen LogP contribution in [0.1, 0.15) is 18.1 Å². The van der Waals surface area contributed by atoms with Crippen LogP contribution in [-0.2, 0) is 23.0 Å². The van der Waals surface area contributed by atoms with Crippen LogP contribution in [0.3, 0.4) is 0 Å². The summed E-state index contributed by atoms with van der Waals surface area (Å²) in [6.07, 6.45) is 0.842. The Balaban J connectivity index is 1.78. The van der Waals surface area contributed by atoms with E-state index >= 15 is 0 Å². The minimum atomic E-state index is -0.910. The van der Waals surface area contributed by atoms with Crippen molar-refractivity contribution in [3.05, 3.63) is 65.7 Å². The number of methoxy groups -OCH3 is 1. The number of nitrogens with zero attached hydrogens (tertiary/aromatic N) is 1. The van der Waals surface area contributed by atoms with Gasteiger partial charge < -0.3 is 15.4 Å². The second-order valence-electron chi connectivity index (χ2n) is 6.02. The van der Waals surface area contributed by atoms with Crippen molar-refractivity contribution in [1.29, 1.82) is 0 Å². The van der Waals surface area contributed by atoms with Gasteiger partial charge in [0.05, 0.1) is 13.7 Å². The molecule has 5 nitrogen and oxygen atoms in total. The number of benzene rings is 2. The Hall–Kier alpha value is -2.34. The Morgan fingerprint density at radius 2 is 1.81 bits per heavy atom. The van der Waals surface area contributed by atoms with Gasteiger partial charge in [-0.05, 0) is 30.5 Å². The van der Waals surface area contributed by atoms with Crippen molar-refractivity contribution < 1.29 is 8.95 Å². The standard InChI is InChI=1S/C21H29N3O2S/c1-3-22-21(23-14-13-19-11-7-8-12-20(19)26-2)24-15-16-27(25)17-18-9-5-4-6-10-18/h4-12H,3,13-17H2,1-2H3,(H2,22,23,24). The fourth-order valence-electron chi connectivity index (χ4n) is 2.66. The molecule has 2 aromatic rings. The molecule has 0 radical (unpaired) electrons. The molecule has 146 valence electrons. The van der Waals surface area contributed by atoms with E-state index in [2.05, 4.69) is 21.7 Å². The van der Waals surface area contributed by atoms with E-state index in [1.165, 1.54) is 0 Å². The summed E-state index contributed by atoms with van der Waals surface area (Å²) in [4.78, 5) is 4.54. The minimum absolute atomic E-state index is 0.531. The molecule has 2 N–H and O–H groups in total. The molecule has 2 aromatic carbocycles. The van der Waals surface area contributed by atoms with Gasteiger partial charge in [-0.15, -0.1) is 0 Å². The van der Waals surface area contributed by atoms with Crippen molar-refractivity contribution in [1.82, 2.24) is 10.6 Å². The van der Waals surface area contributed by atoms with Crippen LogP contribution in [-0.4, -0.2) is 42.7 Å². The zero-order valence-corrected chi connectivity index (χ0v) is 16.9. The van der Waals surface area contributed by atoms with E-state index in [1.807, 2.05) is 55.5 Å². The molecular weight excluding hydrogens is 358 g/mol. The Labute approximate surface area is 164 Å². The molecule has 0 saturated heterocycles. The Morgan fingerprint density at radius 1 is 1.07 bits per heavy atom. The van der Waals surface area contributed by atoms with Gasteiger partial charge >= 0.3 is 0 Å². The highest BCUT2D eigenvalue weighted by atomic mass is 32.2. The van der Waals surface area contributed by atoms with Gasteiger partial charge in [0.15, 0.2) is 5.96 Å². The zero-order chi connectivity index (χ0) is 19.3. The summed E-state index contributed by atoms with van der Waals surface area (Å²) in [5, 5.41) is 6.56. The summed E-state index contributed by atoms with van der Waals surface area (Å²) in [5.41, 5.74) is 2.26. The van der Waals surface area contributed by atoms with Crippen molar-refractivity contribution in [2.75, 3.05) is 32.5 Å². The van der Waals surface area contributed by atoms with Crippen LogP contribution in [0.25, 0.3) is 0 Å². The first-order chi connectivity index (χ1) is 13.2. The topological polar surface area (TPSA) is 62.7 Å². The van der Waals surface area contributed by atoms with Crippen LogP contribution < -0.4 is 15.4 Å². The molecule has 0 amide bonds. The van der Waals surface area contributed by atoms with Crippen LogP contribution in [0.15, 0.2) is 59.6 Å². The lowest BCUT2D eigenvalue weighted by Gasteiger charge is -2.12. The van der Waals surface area contributed by atoms with Gasteiger partial charge in [-0.25, -0.2) is 0 Å². The molecule has 0 fully saturated rings. The number of hydrogen-bond donors (Lipinski definition) is 2. The van der Waals surface area contributed by atoms with Crippen LogP contribution in [0.4, 0.5) is 0 Å². The van der Waals surface area contributed by atoms with E-state index in [-0.39, 0.29) is 0 Å². The Bertz CT molecular complexity index is 735. The zero-order valence-electron chi connectivity index (χ0n) is 16.1. The van der Waals surface area contributed by atoms with Crippen LogP contribution in [0.2, 0.25) is 0 Å². The third-order valence-corrected chi connectivity index (χ3v) is 5.28. The van der Waals surface area contributed by atoms with Gasteiger partial charge in [0.1, 0.15) is 5.75 Å². The van der Waals surface area contributed by atoms with E-state index in [0.717, 1.165) is 42.3 Å². The highest BCUT2D eigenvalue weighted by Crippen LogP contribution is 2.17. The maximum Gasteiger partial charge on any atom is 0.191 e. The van der Waals surface area contributed by atoms with Gasteiger partial charge in [-0.2, -0.15) is 0 Å². The highest BCUT2D eigenvalue weighted by molar-refractivity contribution is 7.84. The van der Waals surface area contributed by atoms with Crippen molar-refractivity contribution in [2.24, 2.45) is 4.99 Å². The molecule has 1 unspecified atom stereocenters. The van der Waals surface area contributed by atoms with Gasteiger partial charge in [-0.1, -0.05) is 48.5 Å². The van der Waals surface area contributed by atoms with Crippen molar-refractivity contribution >= 4 is 16.8 Å². The van der Waals surface area contributed by atoms with Crippen LogP contribution >= 0.6 is 0 Å². The van der Waals surface area contributed by atoms with E-state index < -0.39 is 10.8 Å². The number of rotatable bonds is 10. The van der Waals surface area contributed by atoms with Crippen molar-refractivity contribution in [2.45, 2.75) is 19.1 Å². The molecule has 6 heteroatoms. The lowest BCUT2D eigenvalue weighted by atomic mass is 10.1. The number of guanidine groups is 1. The third kappa shape index (κ3) is 7.83. The predicted molar refractivity (Wildman–Crippen MR) is 114 cm³/mol. The largest absolute Gasteiger partial charge is 0.496 e. The second-order valence-corrected chi connectivity index (χ2v) is 7.60. The number of ether oxygens (including phenoxy) is 1. The van der Waals surface area contributed by atoms with E-state index in [1.54, 1.807) is 7.11 Å². The SMILES string of the molecule is CCNC(=NCCS(=O)Cc1ccccc1)NCCc1ccccc1OC. The van der Waals surface area contributed by atoms with Crippen LogP contribution in [0, 0.1) is 0 Å². The van der Waals surface area contributed by atoms with E-state index in [4.69, 9.17) is 4.74 Å². The molecule has 0 saturated carbocycles. The Morgan fingerprint density at radius 3 is 2.56 bits per heavy atom. The molecule has 0 aromatic heterocycles. The van der Waals surface area contributed by atoms with Gasteiger partial charge in [-0.3, -0.25) is 9.20 Å². The summed E-state index contributed by atoms with van der Waals surface area (Å²) in [5.74, 6) is 2.79. The summed E-state index contributed by atoms with van der Waals surface area (Å²) in [7, 11) is 0.778. The van der Waals surface area contributed by atoms with E-state index in [9.17, 15) is 4.21 Å².